The number of anilines is 1. The van der Waals surface area contributed by atoms with E-state index in [1.807, 2.05) is 30.3 Å². The summed E-state index contributed by atoms with van der Waals surface area (Å²) in [6, 6.07) is 13.0. The third-order valence-electron chi connectivity index (χ3n) is 6.24. The van der Waals surface area contributed by atoms with Crippen LogP contribution < -0.4 is 15.6 Å². The van der Waals surface area contributed by atoms with Gasteiger partial charge in [-0.2, -0.15) is 0 Å². The number of carbonyl (C=O) groups excluding carboxylic acids is 1. The predicted molar refractivity (Wildman–Crippen MR) is 155 cm³/mol. The van der Waals surface area contributed by atoms with E-state index >= 15 is 0 Å². The molecule has 0 saturated carbocycles. The second kappa shape index (κ2) is 12.9. The number of thiocarbonyl (C=S) groups is 1. The second-order valence-corrected chi connectivity index (χ2v) is 10.6. The normalized spacial score (nSPS) is 14.6. The van der Waals surface area contributed by atoms with Crippen LogP contribution in [-0.2, 0) is 11.3 Å². The van der Waals surface area contributed by atoms with E-state index in [-0.39, 0.29) is 11.5 Å². The Morgan fingerprint density at radius 1 is 1.05 bits per heavy atom. The number of rotatable bonds is 12. The number of unbranched alkanes of at least 4 members (excludes halogenated alkanes) is 5. The molecule has 0 atom stereocenters. The van der Waals surface area contributed by atoms with Crippen LogP contribution in [0.3, 0.4) is 0 Å². The Bertz CT molecular complexity index is 1350. The molecule has 1 N–H and O–H groups in total. The fourth-order valence-corrected chi connectivity index (χ4v) is 5.40. The lowest BCUT2D eigenvalue weighted by Crippen LogP contribution is -2.27. The Labute approximate surface area is 226 Å². The maximum Gasteiger partial charge on any atom is 0.267 e. The fraction of sp³-hybridized carbons (Fsp3) is 0.357. The van der Waals surface area contributed by atoms with Gasteiger partial charge in [-0.05, 0) is 42.3 Å². The van der Waals surface area contributed by atoms with Gasteiger partial charge in [-0.25, -0.2) is 4.98 Å². The maximum absolute atomic E-state index is 13.4. The fourth-order valence-electron chi connectivity index (χ4n) is 4.16. The molecule has 1 saturated heterocycles. The third-order valence-corrected chi connectivity index (χ3v) is 7.62. The lowest BCUT2D eigenvalue weighted by Gasteiger charge is -2.14. The molecule has 1 amide bonds. The second-order valence-electron chi connectivity index (χ2n) is 8.92. The molecule has 1 aromatic carbocycles. The van der Waals surface area contributed by atoms with Crippen molar-refractivity contribution in [3.8, 4) is 5.75 Å². The van der Waals surface area contributed by atoms with E-state index in [2.05, 4.69) is 12.2 Å². The SMILES string of the molecule is CCCCCCCCNc1nc2ccccn2c(=O)c1/C=C1/SC(=S)N(Cc2ccc(OC)cc2)C1=O. The van der Waals surface area contributed by atoms with Crippen LogP contribution in [-0.4, -0.2) is 38.2 Å². The number of hydrogen-bond donors (Lipinski definition) is 1. The summed E-state index contributed by atoms with van der Waals surface area (Å²) in [6.45, 7) is 3.27. The van der Waals surface area contributed by atoms with Gasteiger partial charge in [-0.15, -0.1) is 0 Å². The number of aromatic nitrogens is 2. The minimum absolute atomic E-state index is 0.217. The van der Waals surface area contributed by atoms with Gasteiger partial charge in [0.05, 0.1) is 24.1 Å². The van der Waals surface area contributed by atoms with Gasteiger partial charge in [0.1, 0.15) is 21.5 Å². The number of fused-ring (bicyclic) bond motifs is 1. The molecule has 0 aliphatic carbocycles. The molecule has 2 aromatic heterocycles. The van der Waals surface area contributed by atoms with E-state index in [4.69, 9.17) is 21.9 Å². The first-order chi connectivity index (χ1) is 18.0. The van der Waals surface area contributed by atoms with Crippen molar-refractivity contribution >= 4 is 51.7 Å². The highest BCUT2D eigenvalue weighted by Crippen LogP contribution is 2.34. The van der Waals surface area contributed by atoms with Crippen molar-refractivity contribution in [2.45, 2.75) is 52.0 Å². The van der Waals surface area contributed by atoms with Gasteiger partial charge in [0.15, 0.2) is 0 Å². The highest BCUT2D eigenvalue weighted by molar-refractivity contribution is 8.26. The first-order valence-corrected chi connectivity index (χ1v) is 13.9. The Morgan fingerprint density at radius 2 is 1.81 bits per heavy atom. The zero-order chi connectivity index (χ0) is 26.2. The molecule has 1 aliphatic heterocycles. The van der Waals surface area contributed by atoms with Gasteiger partial charge >= 0.3 is 0 Å². The molecule has 3 aromatic rings. The molecule has 4 rings (SSSR count). The molecule has 1 fully saturated rings. The number of amides is 1. The number of methoxy groups -OCH3 is 1. The summed E-state index contributed by atoms with van der Waals surface area (Å²) in [4.78, 5) is 33.4. The van der Waals surface area contributed by atoms with Crippen molar-refractivity contribution in [1.29, 1.82) is 0 Å². The average Bonchev–Trinajstić information content (AvgIpc) is 3.18. The molecule has 9 heteroatoms. The molecular formula is C28H32N4O3S2. The molecule has 0 unspecified atom stereocenters. The van der Waals surface area contributed by atoms with Crippen LogP contribution in [0.15, 0.2) is 58.4 Å². The number of carbonyl (C=O) groups is 1. The summed E-state index contributed by atoms with van der Waals surface area (Å²) in [5, 5.41) is 3.35. The third kappa shape index (κ3) is 6.59. The Kier molecular flexibility index (Phi) is 9.35. The monoisotopic (exact) mass is 536 g/mol. The molecule has 0 bridgehead atoms. The average molecular weight is 537 g/mol. The Hall–Kier alpha value is -3.17. The maximum atomic E-state index is 13.4. The van der Waals surface area contributed by atoms with Crippen LogP contribution in [0.2, 0.25) is 0 Å². The number of thioether (sulfide) groups is 1. The quantitative estimate of drug-likeness (QED) is 0.176. The van der Waals surface area contributed by atoms with Crippen molar-refractivity contribution in [3.05, 3.63) is 75.0 Å². The topological polar surface area (TPSA) is 75.9 Å². The van der Waals surface area contributed by atoms with Crippen LogP contribution >= 0.6 is 24.0 Å². The number of benzene rings is 1. The summed E-state index contributed by atoms with van der Waals surface area (Å²) >= 11 is 6.72. The summed E-state index contributed by atoms with van der Waals surface area (Å²) in [5.41, 5.74) is 1.63. The number of pyridine rings is 1. The van der Waals surface area contributed by atoms with E-state index in [1.165, 1.54) is 41.8 Å². The molecular weight excluding hydrogens is 504 g/mol. The molecule has 1 aliphatic rings. The molecule has 3 heterocycles. The van der Waals surface area contributed by atoms with Crippen LogP contribution in [0, 0.1) is 0 Å². The van der Waals surface area contributed by atoms with Gasteiger partial charge in [-0.3, -0.25) is 18.9 Å². The lowest BCUT2D eigenvalue weighted by atomic mass is 10.1. The van der Waals surface area contributed by atoms with Crippen molar-refractivity contribution < 1.29 is 9.53 Å². The Morgan fingerprint density at radius 3 is 2.57 bits per heavy atom. The Balaban J connectivity index is 1.56. The van der Waals surface area contributed by atoms with E-state index in [9.17, 15) is 9.59 Å². The van der Waals surface area contributed by atoms with Gasteiger partial charge in [-0.1, -0.05) is 81.2 Å². The van der Waals surface area contributed by atoms with Crippen molar-refractivity contribution in [1.82, 2.24) is 14.3 Å². The van der Waals surface area contributed by atoms with Crippen molar-refractivity contribution in [2.24, 2.45) is 0 Å². The first kappa shape index (κ1) is 26.9. The number of nitrogens with zero attached hydrogens (tertiary/aromatic N) is 3. The zero-order valence-corrected chi connectivity index (χ0v) is 22.9. The van der Waals surface area contributed by atoms with E-state index < -0.39 is 0 Å². The molecule has 7 nitrogen and oxygen atoms in total. The van der Waals surface area contributed by atoms with Gasteiger partial charge in [0.2, 0.25) is 0 Å². The summed E-state index contributed by atoms with van der Waals surface area (Å²) in [6.07, 6.45) is 10.4. The minimum atomic E-state index is -0.225. The standard InChI is InChI=1S/C28H32N4O3S2/c1-3-4-5-6-7-9-16-29-25-22(26(33)31-17-10-8-11-24(31)30-25)18-23-27(34)32(28(36)37-23)19-20-12-14-21(35-2)15-13-20/h8,10-15,17-18,29H,3-7,9,16,19H2,1-2H3/b23-18+. The predicted octanol–water partition coefficient (Wildman–Crippen LogP) is 5.88. The van der Waals surface area contributed by atoms with E-state index in [0.29, 0.717) is 39.3 Å². The van der Waals surface area contributed by atoms with Gasteiger partial charge < -0.3 is 10.1 Å². The summed E-state index contributed by atoms with van der Waals surface area (Å²) in [7, 11) is 1.61. The first-order valence-electron chi connectivity index (χ1n) is 12.7. The highest BCUT2D eigenvalue weighted by Gasteiger charge is 2.32. The highest BCUT2D eigenvalue weighted by atomic mass is 32.2. The largest absolute Gasteiger partial charge is 0.497 e. The number of ether oxygens (including phenoxy) is 1. The van der Waals surface area contributed by atoms with Crippen LogP contribution in [0.5, 0.6) is 5.75 Å². The molecule has 0 spiro atoms. The smallest absolute Gasteiger partial charge is 0.267 e. The number of nitrogens with one attached hydrogen (secondary N) is 1. The van der Waals surface area contributed by atoms with Gasteiger partial charge in [0, 0.05) is 12.7 Å². The van der Waals surface area contributed by atoms with E-state index in [0.717, 1.165) is 24.2 Å². The van der Waals surface area contributed by atoms with Crippen LogP contribution in [0.1, 0.15) is 56.6 Å². The zero-order valence-electron chi connectivity index (χ0n) is 21.2. The van der Waals surface area contributed by atoms with Crippen molar-refractivity contribution in [3.63, 3.8) is 0 Å². The summed E-state index contributed by atoms with van der Waals surface area (Å²) in [5.74, 6) is 1.02. The van der Waals surface area contributed by atoms with Gasteiger partial charge in [0.25, 0.3) is 11.5 Å². The van der Waals surface area contributed by atoms with Crippen LogP contribution in [0.25, 0.3) is 11.7 Å². The molecule has 0 radical (unpaired) electrons. The van der Waals surface area contributed by atoms with Crippen molar-refractivity contribution in [2.75, 3.05) is 19.0 Å². The van der Waals surface area contributed by atoms with Crippen LogP contribution in [0.4, 0.5) is 5.82 Å². The number of hydrogen-bond acceptors (Lipinski definition) is 7. The molecule has 194 valence electrons. The van der Waals surface area contributed by atoms with E-state index in [1.54, 1.807) is 36.4 Å². The molecule has 37 heavy (non-hydrogen) atoms. The lowest BCUT2D eigenvalue weighted by molar-refractivity contribution is -0.122. The minimum Gasteiger partial charge on any atom is -0.497 e. The summed E-state index contributed by atoms with van der Waals surface area (Å²) < 4.78 is 7.17.